The molecule has 0 bridgehead atoms. The summed E-state index contributed by atoms with van der Waals surface area (Å²) in [4.78, 5) is 39.0. The van der Waals surface area contributed by atoms with Crippen LogP contribution in [0.15, 0.2) is 30.3 Å². The number of amides is 2. The molecule has 0 aliphatic carbocycles. The zero-order valence-corrected chi connectivity index (χ0v) is 18.9. The van der Waals surface area contributed by atoms with Crippen LogP contribution in [0.2, 0.25) is 0 Å². The van der Waals surface area contributed by atoms with Crippen LogP contribution < -0.4 is 5.32 Å². The van der Waals surface area contributed by atoms with Gasteiger partial charge in [-0.25, -0.2) is 9.59 Å². The normalized spacial score (nSPS) is 19.7. The van der Waals surface area contributed by atoms with Gasteiger partial charge in [-0.2, -0.15) is 0 Å². The summed E-state index contributed by atoms with van der Waals surface area (Å²) in [5.41, 5.74) is 0.202. The Morgan fingerprint density at radius 3 is 2.47 bits per heavy atom. The Kier molecular flexibility index (Phi) is 8.40. The SMILES string of the molecule is COC(=O)C(SC)C1C(NC(=O)OC(C)(C)C)CCN1C(=O)OCc1ccccc1. The van der Waals surface area contributed by atoms with Crippen molar-refractivity contribution < 1.29 is 28.6 Å². The molecule has 1 heterocycles. The fraction of sp³-hybridized carbons (Fsp3) is 0.571. The van der Waals surface area contributed by atoms with Crippen LogP contribution in [-0.2, 0) is 25.6 Å². The minimum atomic E-state index is -0.679. The number of rotatable bonds is 6. The Morgan fingerprint density at radius 1 is 1.23 bits per heavy atom. The highest BCUT2D eigenvalue weighted by atomic mass is 32.2. The summed E-state index contributed by atoms with van der Waals surface area (Å²) in [5.74, 6) is -0.466. The molecule has 2 rings (SSSR count). The lowest BCUT2D eigenvalue weighted by Gasteiger charge is -2.32. The number of carbonyl (C=O) groups is 3. The highest BCUT2D eigenvalue weighted by Crippen LogP contribution is 2.29. The van der Waals surface area contributed by atoms with Crippen LogP contribution in [0.25, 0.3) is 0 Å². The summed E-state index contributed by atoms with van der Waals surface area (Å²) in [6.07, 6.45) is 1.10. The molecule has 166 valence electrons. The van der Waals surface area contributed by atoms with Crippen molar-refractivity contribution in [1.82, 2.24) is 10.2 Å². The molecule has 2 amide bonds. The fourth-order valence-corrected chi connectivity index (χ4v) is 4.22. The van der Waals surface area contributed by atoms with E-state index in [9.17, 15) is 14.4 Å². The average molecular weight is 439 g/mol. The van der Waals surface area contributed by atoms with Gasteiger partial charge in [-0.05, 0) is 39.0 Å². The second kappa shape index (κ2) is 10.6. The fourth-order valence-electron chi connectivity index (χ4n) is 3.31. The summed E-state index contributed by atoms with van der Waals surface area (Å²) in [5, 5.41) is 2.13. The van der Waals surface area contributed by atoms with Crippen molar-refractivity contribution in [1.29, 1.82) is 0 Å². The lowest BCUT2D eigenvalue weighted by molar-refractivity contribution is -0.141. The molecule has 1 aliphatic heterocycles. The molecule has 8 nitrogen and oxygen atoms in total. The van der Waals surface area contributed by atoms with Gasteiger partial charge in [0.15, 0.2) is 0 Å². The van der Waals surface area contributed by atoms with Gasteiger partial charge in [0.1, 0.15) is 17.5 Å². The van der Waals surface area contributed by atoms with Crippen molar-refractivity contribution in [3.63, 3.8) is 0 Å². The highest BCUT2D eigenvalue weighted by molar-refractivity contribution is 8.00. The van der Waals surface area contributed by atoms with Crippen LogP contribution in [-0.4, -0.2) is 65.9 Å². The van der Waals surface area contributed by atoms with Crippen LogP contribution in [0.4, 0.5) is 9.59 Å². The number of ether oxygens (including phenoxy) is 3. The first-order chi connectivity index (χ1) is 14.2. The van der Waals surface area contributed by atoms with Crippen LogP contribution in [0.3, 0.4) is 0 Å². The Labute approximate surface area is 181 Å². The second-order valence-corrected chi connectivity index (χ2v) is 8.92. The number of nitrogens with one attached hydrogen (secondary N) is 1. The number of hydrogen-bond acceptors (Lipinski definition) is 7. The largest absolute Gasteiger partial charge is 0.468 e. The second-order valence-electron chi connectivity index (χ2n) is 7.95. The van der Waals surface area contributed by atoms with Gasteiger partial charge in [0, 0.05) is 6.54 Å². The molecule has 1 aliphatic rings. The van der Waals surface area contributed by atoms with Crippen LogP contribution >= 0.6 is 11.8 Å². The van der Waals surface area contributed by atoms with E-state index in [0.29, 0.717) is 13.0 Å². The molecule has 9 heteroatoms. The van der Waals surface area contributed by atoms with Crippen molar-refractivity contribution in [2.45, 2.75) is 56.7 Å². The maximum atomic E-state index is 12.8. The molecule has 1 aromatic rings. The van der Waals surface area contributed by atoms with Crippen molar-refractivity contribution in [3.05, 3.63) is 35.9 Å². The Hall–Kier alpha value is -2.42. The average Bonchev–Trinajstić information content (AvgIpc) is 3.09. The molecule has 1 N–H and O–H groups in total. The van der Waals surface area contributed by atoms with E-state index in [4.69, 9.17) is 14.2 Å². The molecule has 1 fully saturated rings. The minimum Gasteiger partial charge on any atom is -0.468 e. The van der Waals surface area contributed by atoms with Crippen molar-refractivity contribution in [2.24, 2.45) is 0 Å². The zero-order valence-electron chi connectivity index (χ0n) is 18.0. The number of likely N-dealkylation sites (tertiary alicyclic amines) is 1. The van der Waals surface area contributed by atoms with E-state index >= 15 is 0 Å². The summed E-state index contributed by atoms with van der Waals surface area (Å²) in [6.45, 7) is 5.77. The Morgan fingerprint density at radius 2 is 1.90 bits per heavy atom. The Balaban J connectivity index is 2.15. The number of nitrogens with zero attached hydrogens (tertiary/aromatic N) is 1. The van der Waals surface area contributed by atoms with Crippen LogP contribution in [0.1, 0.15) is 32.8 Å². The molecule has 3 unspecified atom stereocenters. The van der Waals surface area contributed by atoms with Crippen molar-refractivity contribution >= 4 is 29.9 Å². The van der Waals surface area contributed by atoms with Crippen molar-refractivity contribution in [3.8, 4) is 0 Å². The molecule has 0 saturated carbocycles. The number of esters is 1. The predicted octanol–water partition coefficient (Wildman–Crippen LogP) is 3.20. The molecule has 0 spiro atoms. The van der Waals surface area contributed by atoms with Gasteiger partial charge in [-0.3, -0.25) is 4.79 Å². The maximum absolute atomic E-state index is 12.8. The number of thioether (sulfide) groups is 1. The third-order valence-corrected chi connectivity index (χ3v) is 5.57. The molecule has 30 heavy (non-hydrogen) atoms. The van der Waals surface area contributed by atoms with E-state index in [1.165, 1.54) is 23.8 Å². The third-order valence-electron chi connectivity index (χ3n) is 4.59. The van der Waals surface area contributed by atoms with E-state index in [-0.39, 0.29) is 6.61 Å². The Bertz CT molecular complexity index is 737. The van der Waals surface area contributed by atoms with Gasteiger partial charge in [0.2, 0.25) is 0 Å². The first-order valence-corrected chi connectivity index (χ1v) is 11.0. The number of carbonyl (C=O) groups excluding carboxylic acids is 3. The molecule has 0 radical (unpaired) electrons. The molecule has 0 aromatic heterocycles. The van der Waals surface area contributed by atoms with Gasteiger partial charge in [0.25, 0.3) is 0 Å². The predicted molar refractivity (Wildman–Crippen MR) is 114 cm³/mol. The summed E-state index contributed by atoms with van der Waals surface area (Å²) < 4.78 is 15.7. The summed E-state index contributed by atoms with van der Waals surface area (Å²) in [6, 6.07) is 8.24. The van der Waals surface area contributed by atoms with E-state index in [1.54, 1.807) is 27.0 Å². The number of alkyl carbamates (subject to hydrolysis) is 1. The first-order valence-electron chi connectivity index (χ1n) is 9.73. The summed E-state index contributed by atoms with van der Waals surface area (Å²) >= 11 is 1.26. The monoisotopic (exact) mass is 438 g/mol. The smallest absolute Gasteiger partial charge is 0.410 e. The number of methoxy groups -OCH3 is 1. The van der Waals surface area contributed by atoms with Crippen LogP contribution in [0, 0.1) is 0 Å². The zero-order chi connectivity index (χ0) is 22.3. The first kappa shape index (κ1) is 23.9. The van der Waals surface area contributed by atoms with Crippen molar-refractivity contribution in [2.75, 3.05) is 19.9 Å². The third kappa shape index (κ3) is 6.55. The van der Waals surface area contributed by atoms with E-state index in [0.717, 1.165) is 5.56 Å². The topological polar surface area (TPSA) is 94.2 Å². The molecule has 1 saturated heterocycles. The van der Waals surface area contributed by atoms with Gasteiger partial charge in [-0.1, -0.05) is 30.3 Å². The minimum absolute atomic E-state index is 0.120. The molecular formula is C21H30N2O6S. The van der Waals surface area contributed by atoms with E-state index < -0.39 is 41.1 Å². The lowest BCUT2D eigenvalue weighted by Crippen LogP contribution is -2.54. The molecule has 3 atom stereocenters. The maximum Gasteiger partial charge on any atom is 0.410 e. The summed E-state index contributed by atoms with van der Waals surface area (Å²) in [7, 11) is 1.30. The van der Waals surface area contributed by atoms with E-state index in [1.807, 2.05) is 30.3 Å². The van der Waals surface area contributed by atoms with E-state index in [2.05, 4.69) is 5.32 Å². The molecule has 1 aromatic carbocycles. The standard InChI is InChI=1S/C21H30N2O6S/c1-21(2,3)29-19(25)22-15-11-12-23(16(15)17(30-5)18(24)27-4)20(26)28-13-14-9-7-6-8-10-14/h6-10,15-17H,11-13H2,1-5H3,(H,22,25). The van der Waals surface area contributed by atoms with Gasteiger partial charge in [-0.15, -0.1) is 11.8 Å². The van der Waals surface area contributed by atoms with Gasteiger partial charge >= 0.3 is 18.2 Å². The lowest BCUT2D eigenvalue weighted by atomic mass is 10.1. The number of hydrogen-bond donors (Lipinski definition) is 1. The van der Waals surface area contributed by atoms with Gasteiger partial charge in [0.05, 0.1) is 19.2 Å². The number of benzene rings is 1. The van der Waals surface area contributed by atoms with Gasteiger partial charge < -0.3 is 24.4 Å². The quantitative estimate of drug-likeness (QED) is 0.538. The molecular weight excluding hydrogens is 408 g/mol. The highest BCUT2D eigenvalue weighted by Gasteiger charge is 2.46. The van der Waals surface area contributed by atoms with Crippen LogP contribution in [0.5, 0.6) is 0 Å².